The molecule has 0 aliphatic heterocycles. The van der Waals surface area contributed by atoms with Gasteiger partial charge in [-0.2, -0.15) is 5.10 Å². The fourth-order valence-electron chi connectivity index (χ4n) is 0.213. The van der Waals surface area contributed by atoms with Crippen LogP contribution in [0.2, 0.25) is 0 Å². The molecule has 0 saturated heterocycles. The largest absolute Gasteiger partial charge is 0.364 e. The Morgan fingerprint density at radius 3 is 3.00 bits per heavy atom. The van der Waals surface area contributed by atoms with Gasteiger partial charge in [0.2, 0.25) is 0 Å². The van der Waals surface area contributed by atoms with Crippen LogP contribution in [0.1, 0.15) is 0 Å². The molecule has 0 aliphatic carbocycles. The summed E-state index contributed by atoms with van der Waals surface area (Å²) in [5.41, 5.74) is 7.65. The summed E-state index contributed by atoms with van der Waals surface area (Å²) >= 11 is 4.69. The van der Waals surface area contributed by atoms with Gasteiger partial charge >= 0.3 is 0 Å². The van der Waals surface area contributed by atoms with Crippen molar-refractivity contribution < 1.29 is 0 Å². The standard InChI is InChI=1S/C4H10N4S/c1-6-4(9)8-7-3-2-5/h3H,2,5H2,1H3,(H2,6,8,9). The van der Waals surface area contributed by atoms with E-state index in [1.54, 1.807) is 7.05 Å². The predicted molar refractivity (Wildman–Crippen MR) is 42.3 cm³/mol. The molecule has 0 radical (unpaired) electrons. The zero-order chi connectivity index (χ0) is 7.11. The molecule has 0 aromatic carbocycles. The van der Waals surface area contributed by atoms with Crippen LogP contribution >= 0.6 is 12.2 Å². The number of rotatable bonds is 2. The summed E-state index contributed by atoms with van der Waals surface area (Å²) in [6.45, 7) is 0.416. The van der Waals surface area contributed by atoms with Gasteiger partial charge in [-0.05, 0) is 12.2 Å². The van der Waals surface area contributed by atoms with E-state index in [4.69, 9.17) is 18.0 Å². The molecular formula is C4H10N4S. The van der Waals surface area contributed by atoms with Crippen molar-refractivity contribution in [2.45, 2.75) is 0 Å². The highest BCUT2D eigenvalue weighted by atomic mass is 32.1. The minimum absolute atomic E-state index is 0.416. The molecule has 0 unspecified atom stereocenters. The normalized spacial score (nSPS) is 9.56. The molecule has 0 fully saturated rings. The molecule has 0 aromatic heterocycles. The SMILES string of the molecule is CNC(=S)NN=CCN. The van der Waals surface area contributed by atoms with Crippen molar-refractivity contribution in [3.8, 4) is 0 Å². The van der Waals surface area contributed by atoms with E-state index in [1.165, 1.54) is 6.21 Å². The summed E-state index contributed by atoms with van der Waals surface area (Å²) in [5.74, 6) is 0. The van der Waals surface area contributed by atoms with Crippen LogP contribution in [0.25, 0.3) is 0 Å². The van der Waals surface area contributed by atoms with Crippen LogP contribution < -0.4 is 16.5 Å². The molecule has 0 bridgehead atoms. The van der Waals surface area contributed by atoms with Gasteiger partial charge in [0, 0.05) is 19.8 Å². The van der Waals surface area contributed by atoms with Crippen molar-refractivity contribution >= 4 is 23.5 Å². The molecule has 0 rings (SSSR count). The number of thiocarbonyl (C=S) groups is 1. The van der Waals surface area contributed by atoms with Crippen molar-refractivity contribution in [1.82, 2.24) is 10.7 Å². The quantitative estimate of drug-likeness (QED) is 0.266. The smallest absolute Gasteiger partial charge is 0.186 e. The minimum atomic E-state index is 0.416. The lowest BCUT2D eigenvalue weighted by Gasteiger charge is -1.97. The van der Waals surface area contributed by atoms with Gasteiger partial charge in [0.1, 0.15) is 0 Å². The average Bonchev–Trinajstić information content (AvgIpc) is 1.89. The number of nitrogens with one attached hydrogen (secondary N) is 2. The Bertz CT molecular complexity index is 111. The molecule has 0 aliphatic rings. The molecule has 4 nitrogen and oxygen atoms in total. The highest BCUT2D eigenvalue weighted by Gasteiger charge is 1.81. The summed E-state index contributed by atoms with van der Waals surface area (Å²) in [7, 11) is 1.72. The van der Waals surface area contributed by atoms with E-state index in [0.29, 0.717) is 11.7 Å². The van der Waals surface area contributed by atoms with Gasteiger partial charge < -0.3 is 11.1 Å². The Kier molecular flexibility index (Phi) is 5.04. The second-order valence-electron chi connectivity index (χ2n) is 1.24. The van der Waals surface area contributed by atoms with E-state index in [0.717, 1.165) is 0 Å². The van der Waals surface area contributed by atoms with Crippen molar-refractivity contribution in [3.05, 3.63) is 0 Å². The maximum absolute atomic E-state index is 5.10. The fourth-order valence-corrected chi connectivity index (χ4v) is 0.266. The van der Waals surface area contributed by atoms with Crippen molar-refractivity contribution in [3.63, 3.8) is 0 Å². The first-order valence-electron chi connectivity index (χ1n) is 2.50. The molecule has 52 valence electrons. The van der Waals surface area contributed by atoms with Gasteiger partial charge in [0.05, 0.1) is 0 Å². The maximum atomic E-state index is 5.10. The van der Waals surface area contributed by atoms with Gasteiger partial charge in [-0.25, -0.2) is 0 Å². The van der Waals surface area contributed by atoms with E-state index >= 15 is 0 Å². The van der Waals surface area contributed by atoms with Gasteiger partial charge in [-0.15, -0.1) is 0 Å². The first kappa shape index (κ1) is 8.32. The summed E-state index contributed by atoms with van der Waals surface area (Å²) in [6, 6.07) is 0. The Morgan fingerprint density at radius 2 is 2.56 bits per heavy atom. The zero-order valence-corrected chi connectivity index (χ0v) is 6.03. The van der Waals surface area contributed by atoms with Crippen molar-refractivity contribution in [2.75, 3.05) is 13.6 Å². The molecule has 0 amide bonds. The number of hydrogen-bond donors (Lipinski definition) is 3. The lowest BCUT2D eigenvalue weighted by Crippen LogP contribution is -2.28. The van der Waals surface area contributed by atoms with E-state index in [-0.39, 0.29) is 0 Å². The Morgan fingerprint density at radius 1 is 1.89 bits per heavy atom. The third-order valence-electron chi connectivity index (χ3n) is 0.590. The first-order valence-corrected chi connectivity index (χ1v) is 2.91. The lowest BCUT2D eigenvalue weighted by molar-refractivity contribution is 0.976. The maximum Gasteiger partial charge on any atom is 0.186 e. The third-order valence-corrected chi connectivity index (χ3v) is 0.885. The fraction of sp³-hybridized carbons (Fsp3) is 0.500. The van der Waals surface area contributed by atoms with Crippen molar-refractivity contribution in [1.29, 1.82) is 0 Å². The van der Waals surface area contributed by atoms with E-state index < -0.39 is 0 Å². The van der Waals surface area contributed by atoms with Crippen molar-refractivity contribution in [2.24, 2.45) is 10.8 Å². The second-order valence-corrected chi connectivity index (χ2v) is 1.65. The van der Waals surface area contributed by atoms with E-state index in [2.05, 4.69) is 15.8 Å². The second kappa shape index (κ2) is 5.46. The summed E-state index contributed by atoms with van der Waals surface area (Å²) in [5, 5.41) is 6.83. The van der Waals surface area contributed by atoms with Crippen LogP contribution in [0, 0.1) is 0 Å². The van der Waals surface area contributed by atoms with E-state index in [9.17, 15) is 0 Å². The average molecular weight is 146 g/mol. The third kappa shape index (κ3) is 5.19. The summed E-state index contributed by atoms with van der Waals surface area (Å²) < 4.78 is 0. The molecule has 0 saturated carbocycles. The molecule has 4 N–H and O–H groups in total. The molecular weight excluding hydrogens is 136 g/mol. The van der Waals surface area contributed by atoms with Crippen LogP contribution in [0.5, 0.6) is 0 Å². The van der Waals surface area contributed by atoms with Gasteiger partial charge in [0.15, 0.2) is 5.11 Å². The highest BCUT2D eigenvalue weighted by molar-refractivity contribution is 7.80. The zero-order valence-electron chi connectivity index (χ0n) is 5.22. The number of nitrogens with two attached hydrogens (primary N) is 1. The summed E-state index contributed by atoms with van der Waals surface area (Å²) in [4.78, 5) is 0. The minimum Gasteiger partial charge on any atom is -0.364 e. The van der Waals surface area contributed by atoms with Gasteiger partial charge in [0.25, 0.3) is 0 Å². The lowest BCUT2D eigenvalue weighted by atomic mass is 10.8. The van der Waals surface area contributed by atoms with Gasteiger partial charge in [-0.3, -0.25) is 5.43 Å². The topological polar surface area (TPSA) is 62.4 Å². The number of nitrogens with zero attached hydrogens (tertiary/aromatic N) is 1. The predicted octanol–water partition coefficient (Wildman–Crippen LogP) is -0.975. The molecule has 0 heterocycles. The molecule has 0 spiro atoms. The molecule has 9 heavy (non-hydrogen) atoms. The highest BCUT2D eigenvalue weighted by Crippen LogP contribution is 1.60. The van der Waals surface area contributed by atoms with Gasteiger partial charge in [-0.1, -0.05) is 0 Å². The van der Waals surface area contributed by atoms with Crippen LogP contribution in [0.3, 0.4) is 0 Å². The van der Waals surface area contributed by atoms with E-state index in [1.807, 2.05) is 0 Å². The molecule has 0 aromatic rings. The van der Waals surface area contributed by atoms with Crippen LogP contribution in [-0.4, -0.2) is 24.9 Å². The Labute approximate surface area is 59.5 Å². The first-order chi connectivity index (χ1) is 4.31. The summed E-state index contributed by atoms with van der Waals surface area (Å²) in [6.07, 6.45) is 1.53. The van der Waals surface area contributed by atoms with Crippen LogP contribution in [0.4, 0.5) is 0 Å². The molecule has 5 heteroatoms. The monoisotopic (exact) mass is 146 g/mol. The van der Waals surface area contributed by atoms with Crippen LogP contribution in [-0.2, 0) is 0 Å². The number of hydrazone groups is 1. The van der Waals surface area contributed by atoms with Crippen LogP contribution in [0.15, 0.2) is 5.10 Å². The Balaban J connectivity index is 3.26. The number of hydrogen-bond acceptors (Lipinski definition) is 3. The molecule has 0 atom stereocenters. The Hall–Kier alpha value is -0.680.